The normalized spacial score (nSPS) is 31.6. The molecule has 1 amide bonds. The Kier molecular flexibility index (Phi) is 2.30. The Morgan fingerprint density at radius 3 is 2.50 bits per heavy atom. The summed E-state index contributed by atoms with van der Waals surface area (Å²) in [5.41, 5.74) is 0.00414. The van der Waals surface area contributed by atoms with Crippen LogP contribution >= 0.6 is 0 Å². The van der Waals surface area contributed by atoms with Crippen LogP contribution in [0.3, 0.4) is 0 Å². The maximum atomic E-state index is 12.1. The zero-order valence-electron chi connectivity index (χ0n) is 9.42. The molecule has 0 aromatic heterocycles. The SMILES string of the molecule is CC1CN(C)CCN1C(=O)C1(C)CC1. The van der Waals surface area contributed by atoms with E-state index >= 15 is 0 Å². The minimum absolute atomic E-state index is 0.00414. The number of carbonyl (C=O) groups is 1. The van der Waals surface area contributed by atoms with Crippen molar-refractivity contribution in [1.82, 2.24) is 9.80 Å². The largest absolute Gasteiger partial charge is 0.337 e. The number of likely N-dealkylation sites (N-methyl/N-ethyl adjacent to an activating group) is 1. The Morgan fingerprint density at radius 1 is 1.36 bits per heavy atom. The van der Waals surface area contributed by atoms with Crippen molar-refractivity contribution < 1.29 is 4.79 Å². The summed E-state index contributed by atoms with van der Waals surface area (Å²) in [5.74, 6) is 0.387. The van der Waals surface area contributed by atoms with Gasteiger partial charge in [-0.3, -0.25) is 4.79 Å². The highest BCUT2D eigenvalue weighted by atomic mass is 16.2. The second kappa shape index (κ2) is 3.23. The molecule has 0 radical (unpaired) electrons. The van der Waals surface area contributed by atoms with E-state index in [9.17, 15) is 4.79 Å². The molecule has 1 saturated carbocycles. The molecule has 0 spiro atoms. The monoisotopic (exact) mass is 196 g/mol. The Morgan fingerprint density at radius 2 is 2.00 bits per heavy atom. The van der Waals surface area contributed by atoms with Gasteiger partial charge in [0.25, 0.3) is 0 Å². The van der Waals surface area contributed by atoms with Crippen LogP contribution in [0.4, 0.5) is 0 Å². The van der Waals surface area contributed by atoms with Gasteiger partial charge in [0.2, 0.25) is 5.91 Å². The molecule has 2 aliphatic rings. The number of piperazine rings is 1. The molecule has 3 nitrogen and oxygen atoms in total. The molecule has 1 aliphatic carbocycles. The molecule has 14 heavy (non-hydrogen) atoms. The van der Waals surface area contributed by atoms with Gasteiger partial charge in [-0.05, 0) is 26.8 Å². The number of hydrogen-bond acceptors (Lipinski definition) is 2. The van der Waals surface area contributed by atoms with E-state index in [-0.39, 0.29) is 5.41 Å². The molecule has 2 fully saturated rings. The van der Waals surface area contributed by atoms with Crippen LogP contribution in [0.5, 0.6) is 0 Å². The average molecular weight is 196 g/mol. The summed E-state index contributed by atoms with van der Waals surface area (Å²) in [6.45, 7) is 7.19. The van der Waals surface area contributed by atoms with Gasteiger partial charge in [0.05, 0.1) is 0 Å². The highest BCUT2D eigenvalue weighted by Gasteiger charge is 2.48. The first kappa shape index (κ1) is 9.97. The van der Waals surface area contributed by atoms with Crippen LogP contribution in [0.15, 0.2) is 0 Å². The van der Waals surface area contributed by atoms with Crippen molar-refractivity contribution in [3.63, 3.8) is 0 Å². The number of carbonyl (C=O) groups excluding carboxylic acids is 1. The van der Waals surface area contributed by atoms with Gasteiger partial charge in [-0.25, -0.2) is 0 Å². The summed E-state index contributed by atoms with van der Waals surface area (Å²) in [5, 5.41) is 0. The first-order valence-electron chi connectivity index (χ1n) is 5.52. The maximum absolute atomic E-state index is 12.1. The Balaban J connectivity index is 2.00. The molecular weight excluding hydrogens is 176 g/mol. The van der Waals surface area contributed by atoms with Gasteiger partial charge in [0, 0.05) is 31.1 Å². The standard InChI is InChI=1S/C11H20N2O/c1-9-8-12(3)6-7-13(9)10(14)11(2)4-5-11/h9H,4-8H2,1-3H3. The van der Waals surface area contributed by atoms with Gasteiger partial charge in [-0.1, -0.05) is 6.92 Å². The molecule has 0 aromatic carbocycles. The predicted octanol–water partition coefficient (Wildman–Crippen LogP) is 0.949. The molecular formula is C11H20N2O. The van der Waals surface area contributed by atoms with Gasteiger partial charge in [0.1, 0.15) is 0 Å². The third-order valence-electron chi connectivity index (χ3n) is 3.61. The van der Waals surface area contributed by atoms with Crippen LogP contribution < -0.4 is 0 Å². The highest BCUT2D eigenvalue weighted by Crippen LogP contribution is 2.46. The summed E-state index contributed by atoms with van der Waals surface area (Å²) < 4.78 is 0. The number of rotatable bonds is 1. The van der Waals surface area contributed by atoms with Crippen molar-refractivity contribution in [1.29, 1.82) is 0 Å². The molecule has 0 bridgehead atoms. The van der Waals surface area contributed by atoms with Crippen molar-refractivity contribution in [3.05, 3.63) is 0 Å². The zero-order chi connectivity index (χ0) is 10.3. The minimum atomic E-state index is 0.00414. The van der Waals surface area contributed by atoms with Crippen LogP contribution in [0.25, 0.3) is 0 Å². The van der Waals surface area contributed by atoms with Gasteiger partial charge in [-0.15, -0.1) is 0 Å². The lowest BCUT2D eigenvalue weighted by molar-refractivity contribution is -0.140. The third-order valence-corrected chi connectivity index (χ3v) is 3.61. The Labute approximate surface area is 86.1 Å². The summed E-state index contributed by atoms with van der Waals surface area (Å²) in [6, 6.07) is 0.388. The summed E-state index contributed by atoms with van der Waals surface area (Å²) >= 11 is 0. The molecule has 1 unspecified atom stereocenters. The van der Waals surface area contributed by atoms with Crippen LogP contribution in [0.2, 0.25) is 0 Å². The van der Waals surface area contributed by atoms with E-state index in [1.165, 1.54) is 0 Å². The Hall–Kier alpha value is -0.570. The minimum Gasteiger partial charge on any atom is -0.337 e. The molecule has 2 rings (SSSR count). The van der Waals surface area contributed by atoms with Gasteiger partial charge < -0.3 is 9.80 Å². The van der Waals surface area contributed by atoms with Crippen molar-refractivity contribution in [2.24, 2.45) is 5.41 Å². The average Bonchev–Trinajstić information content (AvgIpc) is 2.84. The van der Waals surface area contributed by atoms with Crippen LogP contribution in [-0.4, -0.2) is 48.4 Å². The molecule has 80 valence electrons. The lowest BCUT2D eigenvalue weighted by atomic mass is 10.1. The Bertz CT molecular complexity index is 248. The van der Waals surface area contributed by atoms with Crippen LogP contribution in [-0.2, 0) is 4.79 Å². The highest BCUT2D eigenvalue weighted by molar-refractivity contribution is 5.85. The molecule has 0 aromatic rings. The van der Waals surface area contributed by atoms with E-state index in [4.69, 9.17) is 0 Å². The van der Waals surface area contributed by atoms with Crippen LogP contribution in [0.1, 0.15) is 26.7 Å². The third kappa shape index (κ3) is 1.65. The number of nitrogens with zero attached hydrogens (tertiary/aromatic N) is 2. The summed E-state index contributed by atoms with van der Waals surface area (Å²) in [4.78, 5) is 16.5. The maximum Gasteiger partial charge on any atom is 0.228 e. The van der Waals surface area contributed by atoms with Gasteiger partial charge >= 0.3 is 0 Å². The fourth-order valence-electron chi connectivity index (χ4n) is 2.19. The first-order chi connectivity index (χ1) is 6.53. The first-order valence-corrected chi connectivity index (χ1v) is 5.52. The summed E-state index contributed by atoms with van der Waals surface area (Å²) in [7, 11) is 2.12. The number of hydrogen-bond donors (Lipinski definition) is 0. The van der Waals surface area contributed by atoms with Crippen molar-refractivity contribution in [2.75, 3.05) is 26.7 Å². The van der Waals surface area contributed by atoms with E-state index in [2.05, 4.69) is 30.7 Å². The van der Waals surface area contributed by atoms with Gasteiger partial charge in [0.15, 0.2) is 0 Å². The van der Waals surface area contributed by atoms with E-state index in [0.717, 1.165) is 32.5 Å². The van der Waals surface area contributed by atoms with Crippen molar-refractivity contribution in [2.45, 2.75) is 32.7 Å². The quantitative estimate of drug-likeness (QED) is 0.623. The van der Waals surface area contributed by atoms with E-state index in [0.29, 0.717) is 11.9 Å². The molecule has 1 atom stereocenters. The molecule has 1 aliphatic heterocycles. The fourth-order valence-corrected chi connectivity index (χ4v) is 2.19. The topological polar surface area (TPSA) is 23.6 Å². The lowest BCUT2D eigenvalue weighted by Crippen LogP contribution is -2.54. The molecule has 0 N–H and O–H groups in total. The second-order valence-corrected chi connectivity index (χ2v) is 5.17. The molecule has 3 heteroatoms. The zero-order valence-corrected chi connectivity index (χ0v) is 9.42. The van der Waals surface area contributed by atoms with E-state index < -0.39 is 0 Å². The predicted molar refractivity (Wildman–Crippen MR) is 56.0 cm³/mol. The lowest BCUT2D eigenvalue weighted by Gasteiger charge is -2.39. The van der Waals surface area contributed by atoms with Gasteiger partial charge in [-0.2, -0.15) is 0 Å². The smallest absolute Gasteiger partial charge is 0.228 e. The van der Waals surface area contributed by atoms with Crippen LogP contribution in [0, 0.1) is 5.41 Å². The van der Waals surface area contributed by atoms with E-state index in [1.54, 1.807) is 0 Å². The molecule has 1 saturated heterocycles. The van der Waals surface area contributed by atoms with Crippen molar-refractivity contribution >= 4 is 5.91 Å². The number of amides is 1. The van der Waals surface area contributed by atoms with Crippen molar-refractivity contribution in [3.8, 4) is 0 Å². The van der Waals surface area contributed by atoms with E-state index in [1.807, 2.05) is 0 Å². The summed E-state index contributed by atoms with van der Waals surface area (Å²) in [6.07, 6.45) is 2.18. The molecule has 1 heterocycles. The fraction of sp³-hybridized carbons (Fsp3) is 0.909. The second-order valence-electron chi connectivity index (χ2n) is 5.17.